The van der Waals surface area contributed by atoms with E-state index in [9.17, 15) is 14.4 Å². The number of benzene rings is 1. The number of imidazole rings is 1. The number of amides is 3. The topological polar surface area (TPSA) is 93.3 Å². The van der Waals surface area contributed by atoms with Crippen LogP contribution in [0.25, 0.3) is 11.0 Å². The number of fused-ring (bicyclic) bond motifs is 1. The molecule has 3 amide bonds. The fourth-order valence-corrected chi connectivity index (χ4v) is 2.99. The first-order valence-corrected chi connectivity index (χ1v) is 9.20. The minimum absolute atomic E-state index is 0.0266. The number of hydrogen-bond donors (Lipinski definition) is 2. The molecule has 8 heteroatoms. The zero-order chi connectivity index (χ0) is 20.0. The Morgan fingerprint density at radius 3 is 2.56 bits per heavy atom. The quantitative estimate of drug-likeness (QED) is 0.569. The Hall–Kier alpha value is -2.90. The molecule has 146 valence electrons. The van der Waals surface area contributed by atoms with Crippen LogP contribution in [0.2, 0.25) is 0 Å². The van der Waals surface area contributed by atoms with Crippen LogP contribution in [0, 0.1) is 6.92 Å². The summed E-state index contributed by atoms with van der Waals surface area (Å²) in [6.45, 7) is 9.08. The Morgan fingerprint density at radius 1 is 1.19 bits per heavy atom. The van der Waals surface area contributed by atoms with E-state index < -0.39 is 17.9 Å². The molecular formula is C19H27N4O4+. The molecule has 0 spiro atoms. The van der Waals surface area contributed by atoms with Gasteiger partial charge in [0.15, 0.2) is 17.6 Å². The minimum atomic E-state index is -0.508. The minimum Gasteiger partial charge on any atom is -0.462 e. The van der Waals surface area contributed by atoms with Crippen LogP contribution in [0.15, 0.2) is 18.2 Å². The lowest BCUT2D eigenvalue weighted by Crippen LogP contribution is -2.42. The Bertz CT molecular complexity index is 857. The van der Waals surface area contributed by atoms with Crippen molar-refractivity contribution in [3.05, 3.63) is 29.6 Å². The fourth-order valence-electron chi connectivity index (χ4n) is 2.99. The number of aryl methyl sites for hydroxylation is 1. The van der Waals surface area contributed by atoms with Gasteiger partial charge in [-0.15, -0.1) is 0 Å². The first kappa shape index (κ1) is 20.4. The molecule has 0 unspecified atom stereocenters. The average Bonchev–Trinajstić information content (AvgIpc) is 2.90. The Kier molecular flexibility index (Phi) is 6.92. The second-order valence-corrected chi connectivity index (χ2v) is 6.11. The van der Waals surface area contributed by atoms with E-state index >= 15 is 0 Å². The predicted octanol–water partition coefficient (Wildman–Crippen LogP) is 1.67. The van der Waals surface area contributed by atoms with E-state index in [0.29, 0.717) is 25.3 Å². The van der Waals surface area contributed by atoms with Crippen LogP contribution in [0.1, 0.15) is 43.4 Å². The van der Waals surface area contributed by atoms with Crippen LogP contribution >= 0.6 is 0 Å². The van der Waals surface area contributed by atoms with E-state index in [4.69, 9.17) is 4.74 Å². The van der Waals surface area contributed by atoms with Gasteiger partial charge in [-0.05, 0) is 32.4 Å². The molecule has 0 aliphatic rings. The van der Waals surface area contributed by atoms with Gasteiger partial charge in [0.1, 0.15) is 0 Å². The third-order valence-electron chi connectivity index (χ3n) is 4.26. The van der Waals surface area contributed by atoms with Crippen molar-refractivity contribution in [3.63, 3.8) is 0 Å². The molecule has 2 rings (SSSR count). The number of imide groups is 1. The van der Waals surface area contributed by atoms with E-state index in [1.54, 1.807) is 23.6 Å². The van der Waals surface area contributed by atoms with Gasteiger partial charge >= 0.3 is 12.0 Å². The summed E-state index contributed by atoms with van der Waals surface area (Å²) in [5.74, 6) is 0.0299. The monoisotopic (exact) mass is 375 g/mol. The van der Waals surface area contributed by atoms with Crippen LogP contribution in [-0.4, -0.2) is 35.6 Å². The molecule has 2 aromatic rings. The molecule has 0 bridgehead atoms. The zero-order valence-electron chi connectivity index (χ0n) is 16.3. The third-order valence-corrected chi connectivity index (χ3v) is 4.26. The molecule has 1 aromatic heterocycles. The number of aromatic nitrogens is 2. The van der Waals surface area contributed by atoms with Crippen molar-refractivity contribution in [3.8, 4) is 0 Å². The SMILES string of the molecule is CCCNC(=O)NC(=O)Cn1c(C)[n+](CC)c2ccc(C(=O)OCC)cc21. The maximum absolute atomic E-state index is 12.3. The summed E-state index contributed by atoms with van der Waals surface area (Å²) in [7, 11) is 0. The maximum Gasteiger partial charge on any atom is 0.338 e. The molecule has 1 aromatic carbocycles. The second-order valence-electron chi connectivity index (χ2n) is 6.11. The van der Waals surface area contributed by atoms with Crippen molar-refractivity contribution in [1.82, 2.24) is 15.2 Å². The van der Waals surface area contributed by atoms with E-state index in [1.807, 2.05) is 26.8 Å². The highest BCUT2D eigenvalue weighted by molar-refractivity contribution is 5.95. The van der Waals surface area contributed by atoms with Crippen LogP contribution in [0.4, 0.5) is 4.79 Å². The normalized spacial score (nSPS) is 10.7. The third kappa shape index (κ3) is 4.64. The van der Waals surface area contributed by atoms with Gasteiger partial charge in [-0.2, -0.15) is 0 Å². The van der Waals surface area contributed by atoms with Gasteiger partial charge in [-0.3, -0.25) is 10.1 Å². The van der Waals surface area contributed by atoms with Crippen LogP contribution < -0.4 is 15.2 Å². The molecule has 0 aliphatic carbocycles. The molecule has 1 heterocycles. The van der Waals surface area contributed by atoms with Crippen LogP contribution in [-0.2, 0) is 22.6 Å². The highest BCUT2D eigenvalue weighted by atomic mass is 16.5. The Morgan fingerprint density at radius 2 is 1.93 bits per heavy atom. The van der Waals surface area contributed by atoms with Crippen LogP contribution in [0.3, 0.4) is 0 Å². The highest BCUT2D eigenvalue weighted by Gasteiger charge is 2.24. The summed E-state index contributed by atoms with van der Waals surface area (Å²) < 4.78 is 8.91. The number of nitrogens with one attached hydrogen (secondary N) is 2. The van der Waals surface area contributed by atoms with Gasteiger partial charge in [0, 0.05) is 19.5 Å². The summed E-state index contributed by atoms with van der Waals surface area (Å²) in [5.41, 5.74) is 2.07. The lowest BCUT2D eigenvalue weighted by atomic mass is 10.2. The first-order valence-electron chi connectivity index (χ1n) is 9.20. The lowest BCUT2D eigenvalue weighted by Gasteiger charge is -2.05. The molecule has 0 atom stereocenters. The van der Waals surface area contributed by atoms with E-state index in [0.717, 1.165) is 23.3 Å². The number of carbonyl (C=O) groups excluding carboxylic acids is 3. The van der Waals surface area contributed by atoms with Crippen molar-refractivity contribution in [2.24, 2.45) is 0 Å². The average molecular weight is 375 g/mol. The van der Waals surface area contributed by atoms with Crippen molar-refractivity contribution in [1.29, 1.82) is 0 Å². The number of ether oxygens (including phenoxy) is 1. The van der Waals surface area contributed by atoms with Crippen LogP contribution in [0.5, 0.6) is 0 Å². The first-order chi connectivity index (χ1) is 12.9. The molecule has 0 saturated carbocycles. The van der Waals surface area contributed by atoms with Gasteiger partial charge < -0.3 is 10.1 Å². The molecule has 0 saturated heterocycles. The Labute approximate surface area is 158 Å². The largest absolute Gasteiger partial charge is 0.462 e. The number of nitrogens with zero attached hydrogens (tertiary/aromatic N) is 2. The number of carbonyl (C=O) groups is 3. The van der Waals surface area contributed by atoms with Gasteiger partial charge in [0.05, 0.1) is 18.7 Å². The molecule has 0 radical (unpaired) electrons. The Balaban J connectivity index is 2.34. The van der Waals surface area contributed by atoms with Crippen molar-refractivity contribution >= 4 is 28.9 Å². The number of urea groups is 1. The standard InChI is InChI=1S/C19H26N4O4/c1-5-10-20-19(26)21-17(24)12-23-13(4)22(6-2)15-9-8-14(11-16(15)23)18(25)27-7-3/h8-9,11H,5-7,10,12H2,1-4H3,(H-,20,21,24,26)/p+1. The summed E-state index contributed by atoms with van der Waals surface area (Å²) >= 11 is 0. The molecule has 0 aliphatic heterocycles. The number of esters is 1. The van der Waals surface area contributed by atoms with E-state index in [1.165, 1.54) is 0 Å². The summed E-state index contributed by atoms with van der Waals surface area (Å²) in [5, 5.41) is 4.94. The smallest absolute Gasteiger partial charge is 0.338 e. The van der Waals surface area contributed by atoms with Gasteiger partial charge in [0.2, 0.25) is 0 Å². The van der Waals surface area contributed by atoms with E-state index in [2.05, 4.69) is 15.2 Å². The molecule has 0 fully saturated rings. The van der Waals surface area contributed by atoms with Crippen molar-refractivity contribution in [2.75, 3.05) is 13.2 Å². The number of rotatable bonds is 7. The zero-order valence-corrected chi connectivity index (χ0v) is 16.3. The molecule has 8 nitrogen and oxygen atoms in total. The molecule has 27 heavy (non-hydrogen) atoms. The summed E-state index contributed by atoms with van der Waals surface area (Å²) in [6, 6.07) is 4.78. The summed E-state index contributed by atoms with van der Waals surface area (Å²) in [4.78, 5) is 36.1. The van der Waals surface area contributed by atoms with Gasteiger partial charge in [-0.25, -0.2) is 18.7 Å². The second kappa shape index (κ2) is 9.16. The fraction of sp³-hybridized carbons (Fsp3) is 0.474. The van der Waals surface area contributed by atoms with Gasteiger partial charge in [-0.1, -0.05) is 6.92 Å². The highest BCUT2D eigenvalue weighted by Crippen LogP contribution is 2.17. The van der Waals surface area contributed by atoms with Crippen molar-refractivity contribution < 1.29 is 23.7 Å². The van der Waals surface area contributed by atoms with Crippen molar-refractivity contribution in [2.45, 2.75) is 47.2 Å². The van der Waals surface area contributed by atoms with Gasteiger partial charge in [0.25, 0.3) is 11.7 Å². The number of hydrogen-bond acceptors (Lipinski definition) is 4. The molecule has 2 N–H and O–H groups in total. The lowest BCUT2D eigenvalue weighted by molar-refractivity contribution is -0.674. The van der Waals surface area contributed by atoms with E-state index in [-0.39, 0.29) is 6.54 Å². The predicted molar refractivity (Wildman–Crippen MR) is 100 cm³/mol. The molecular weight excluding hydrogens is 348 g/mol. The maximum atomic E-state index is 12.3. The summed E-state index contributed by atoms with van der Waals surface area (Å²) in [6.07, 6.45) is 0.788.